The van der Waals surface area contributed by atoms with Crippen molar-refractivity contribution in [1.82, 2.24) is 9.97 Å². The van der Waals surface area contributed by atoms with Gasteiger partial charge in [-0.15, -0.1) is 22.7 Å². The highest BCUT2D eigenvalue weighted by Gasteiger charge is 2.21. The first-order valence-electron chi connectivity index (χ1n) is 8.94. The summed E-state index contributed by atoms with van der Waals surface area (Å²) in [5, 5.41) is 13.4. The van der Waals surface area contributed by atoms with Crippen molar-refractivity contribution in [2.24, 2.45) is 0 Å². The first kappa shape index (κ1) is 17.4. The summed E-state index contributed by atoms with van der Waals surface area (Å²) in [6.45, 7) is 3.56. The molecular formula is C22H18N2O2S2. The predicted molar refractivity (Wildman–Crippen MR) is 117 cm³/mol. The average molecular weight is 407 g/mol. The van der Waals surface area contributed by atoms with E-state index in [2.05, 4.69) is 22.1 Å². The molecule has 0 bridgehead atoms. The molecule has 3 heterocycles. The Balaban J connectivity index is 1.52. The molecule has 0 spiro atoms. The van der Waals surface area contributed by atoms with Crippen molar-refractivity contribution in [3.8, 4) is 21.4 Å². The lowest BCUT2D eigenvalue weighted by Crippen LogP contribution is -2.12. The molecule has 140 valence electrons. The van der Waals surface area contributed by atoms with Crippen LogP contribution < -0.4 is 4.74 Å². The van der Waals surface area contributed by atoms with Crippen LogP contribution in [0.3, 0.4) is 0 Å². The molecule has 0 unspecified atom stereocenters. The van der Waals surface area contributed by atoms with Crippen LogP contribution >= 0.6 is 22.7 Å². The van der Waals surface area contributed by atoms with Crippen LogP contribution in [0.15, 0.2) is 60.9 Å². The standard InChI is InChI=1S/C22H18N2O2S2/c1-22(2,25)19-12-24-21(28-19)18-11-14-4-3-5-17(20(14)27-18)26-15-6-7-16-13(10-15)8-9-23-16/h3-12,23,25H,1-2H3. The van der Waals surface area contributed by atoms with Crippen molar-refractivity contribution in [2.75, 3.05) is 0 Å². The third-order valence-electron chi connectivity index (χ3n) is 4.58. The van der Waals surface area contributed by atoms with Crippen molar-refractivity contribution in [2.45, 2.75) is 19.4 Å². The Morgan fingerprint density at radius 1 is 1.04 bits per heavy atom. The molecule has 0 aliphatic rings. The molecule has 5 rings (SSSR count). The number of H-pyrrole nitrogens is 1. The molecule has 0 fully saturated rings. The number of aromatic nitrogens is 2. The zero-order chi connectivity index (χ0) is 19.3. The molecule has 0 atom stereocenters. The van der Waals surface area contributed by atoms with Gasteiger partial charge in [-0.05, 0) is 55.6 Å². The molecule has 0 aliphatic carbocycles. The monoisotopic (exact) mass is 406 g/mol. The smallest absolute Gasteiger partial charge is 0.145 e. The number of thiazole rings is 1. The van der Waals surface area contributed by atoms with Crippen LogP contribution in [0.2, 0.25) is 0 Å². The Kier molecular flexibility index (Phi) is 4.01. The molecule has 0 aliphatic heterocycles. The van der Waals surface area contributed by atoms with E-state index in [1.54, 1.807) is 31.4 Å². The number of rotatable bonds is 4. The second-order valence-corrected chi connectivity index (χ2v) is 9.29. The Morgan fingerprint density at radius 3 is 2.75 bits per heavy atom. The van der Waals surface area contributed by atoms with Gasteiger partial charge in [-0.1, -0.05) is 12.1 Å². The van der Waals surface area contributed by atoms with E-state index in [-0.39, 0.29) is 0 Å². The number of hydrogen-bond acceptors (Lipinski definition) is 5. The van der Waals surface area contributed by atoms with Crippen LogP contribution in [0.1, 0.15) is 18.7 Å². The zero-order valence-corrected chi connectivity index (χ0v) is 17.0. The second kappa shape index (κ2) is 6.44. The quantitative estimate of drug-likeness (QED) is 0.357. The van der Waals surface area contributed by atoms with E-state index in [0.29, 0.717) is 0 Å². The fourth-order valence-corrected chi connectivity index (χ4v) is 5.19. The lowest BCUT2D eigenvalue weighted by atomic mass is 10.1. The molecule has 5 aromatic rings. The molecule has 28 heavy (non-hydrogen) atoms. The topological polar surface area (TPSA) is 58.1 Å². The third-order valence-corrected chi connectivity index (χ3v) is 7.22. The van der Waals surface area contributed by atoms with Gasteiger partial charge in [0, 0.05) is 23.3 Å². The van der Waals surface area contributed by atoms with Gasteiger partial charge in [0.2, 0.25) is 0 Å². The van der Waals surface area contributed by atoms with Crippen molar-refractivity contribution < 1.29 is 9.84 Å². The maximum atomic E-state index is 10.2. The zero-order valence-electron chi connectivity index (χ0n) is 15.4. The molecule has 2 N–H and O–H groups in total. The fraction of sp³-hybridized carbons (Fsp3) is 0.136. The number of nitrogens with zero attached hydrogens (tertiary/aromatic N) is 1. The molecule has 3 aromatic heterocycles. The van der Waals surface area contributed by atoms with Crippen LogP contribution in [0.5, 0.6) is 11.5 Å². The van der Waals surface area contributed by atoms with E-state index in [4.69, 9.17) is 4.74 Å². The van der Waals surface area contributed by atoms with Gasteiger partial charge < -0.3 is 14.8 Å². The predicted octanol–water partition coefficient (Wildman–Crippen LogP) is 6.53. The van der Waals surface area contributed by atoms with Gasteiger partial charge in [-0.25, -0.2) is 4.98 Å². The highest BCUT2D eigenvalue weighted by molar-refractivity contribution is 7.26. The first-order valence-corrected chi connectivity index (χ1v) is 10.6. The van der Waals surface area contributed by atoms with Crippen LogP contribution in [0.4, 0.5) is 0 Å². The summed E-state index contributed by atoms with van der Waals surface area (Å²) >= 11 is 3.19. The number of fused-ring (bicyclic) bond motifs is 2. The molecule has 0 amide bonds. The highest BCUT2D eigenvalue weighted by atomic mass is 32.1. The van der Waals surface area contributed by atoms with Gasteiger partial charge in [0.15, 0.2) is 0 Å². The number of hydrogen-bond donors (Lipinski definition) is 2. The van der Waals surface area contributed by atoms with Crippen LogP contribution in [-0.2, 0) is 5.60 Å². The Bertz CT molecular complexity index is 1290. The summed E-state index contributed by atoms with van der Waals surface area (Å²) in [4.78, 5) is 9.65. The van der Waals surface area contributed by atoms with Gasteiger partial charge >= 0.3 is 0 Å². The van der Waals surface area contributed by atoms with Gasteiger partial charge in [-0.3, -0.25) is 0 Å². The summed E-state index contributed by atoms with van der Waals surface area (Å²) in [5.74, 6) is 1.65. The first-order chi connectivity index (χ1) is 13.5. The van der Waals surface area contributed by atoms with Crippen LogP contribution in [0, 0.1) is 0 Å². The number of thiophene rings is 1. The van der Waals surface area contributed by atoms with E-state index >= 15 is 0 Å². The number of ether oxygens (including phenoxy) is 1. The SMILES string of the molecule is CC(C)(O)c1cnc(-c2cc3cccc(Oc4ccc5[nH]ccc5c4)c3s2)s1. The van der Waals surface area contributed by atoms with Crippen molar-refractivity contribution in [1.29, 1.82) is 0 Å². The summed E-state index contributed by atoms with van der Waals surface area (Å²) in [5.41, 5.74) is 0.216. The Hall–Kier alpha value is -2.67. The molecule has 4 nitrogen and oxygen atoms in total. The largest absolute Gasteiger partial charge is 0.456 e. The normalized spacial score (nSPS) is 12.1. The van der Waals surface area contributed by atoms with Gasteiger partial charge in [-0.2, -0.15) is 0 Å². The van der Waals surface area contributed by atoms with E-state index in [9.17, 15) is 5.11 Å². The summed E-state index contributed by atoms with van der Waals surface area (Å²) in [6.07, 6.45) is 3.69. The molecule has 2 aromatic carbocycles. The Morgan fingerprint density at radius 2 is 1.93 bits per heavy atom. The van der Waals surface area contributed by atoms with Gasteiger partial charge in [0.25, 0.3) is 0 Å². The molecule has 6 heteroatoms. The molecule has 0 radical (unpaired) electrons. The summed E-state index contributed by atoms with van der Waals surface area (Å²) in [7, 11) is 0. The lowest BCUT2D eigenvalue weighted by Gasteiger charge is -2.12. The van der Waals surface area contributed by atoms with Crippen molar-refractivity contribution in [3.63, 3.8) is 0 Å². The van der Waals surface area contributed by atoms with E-state index in [1.807, 2.05) is 42.6 Å². The summed E-state index contributed by atoms with van der Waals surface area (Å²) < 4.78 is 7.31. The van der Waals surface area contributed by atoms with E-state index in [1.165, 1.54) is 11.3 Å². The average Bonchev–Trinajstić information content (AvgIpc) is 3.39. The van der Waals surface area contributed by atoms with Crippen LogP contribution in [-0.4, -0.2) is 15.1 Å². The van der Waals surface area contributed by atoms with Gasteiger partial charge in [0.05, 0.1) is 20.1 Å². The van der Waals surface area contributed by atoms with E-state index < -0.39 is 5.60 Å². The minimum absolute atomic E-state index is 0.813. The molecule has 0 saturated carbocycles. The fourth-order valence-electron chi connectivity index (χ4n) is 3.11. The lowest BCUT2D eigenvalue weighted by molar-refractivity contribution is 0.0823. The maximum absolute atomic E-state index is 10.2. The summed E-state index contributed by atoms with van der Waals surface area (Å²) in [6, 6.07) is 16.3. The van der Waals surface area contributed by atoms with Gasteiger partial charge in [0.1, 0.15) is 16.5 Å². The Labute approximate surface area is 170 Å². The number of aliphatic hydroxyl groups is 1. The molecule has 0 saturated heterocycles. The van der Waals surface area contributed by atoms with E-state index in [0.717, 1.165) is 47.3 Å². The third kappa shape index (κ3) is 3.09. The number of benzene rings is 2. The van der Waals surface area contributed by atoms with Crippen molar-refractivity contribution in [3.05, 3.63) is 65.8 Å². The minimum atomic E-state index is -0.877. The van der Waals surface area contributed by atoms with Crippen molar-refractivity contribution >= 4 is 43.7 Å². The second-order valence-electron chi connectivity index (χ2n) is 7.20. The highest BCUT2D eigenvalue weighted by Crippen LogP contribution is 2.42. The minimum Gasteiger partial charge on any atom is -0.456 e. The number of nitrogens with one attached hydrogen (secondary N) is 1. The van der Waals surface area contributed by atoms with Crippen LogP contribution in [0.25, 0.3) is 30.9 Å². The molecular weight excluding hydrogens is 388 g/mol. The number of aromatic amines is 1. The maximum Gasteiger partial charge on any atom is 0.145 e.